The van der Waals surface area contributed by atoms with E-state index in [2.05, 4.69) is 35.8 Å². The summed E-state index contributed by atoms with van der Waals surface area (Å²) in [6, 6.07) is 12.6. The van der Waals surface area contributed by atoms with Crippen molar-refractivity contribution >= 4 is 56.8 Å². The number of rotatable bonds is 12. The molecular weight excluding hydrogens is 831 g/mol. The van der Waals surface area contributed by atoms with E-state index in [0.717, 1.165) is 47.7 Å². The number of imide groups is 1. The molecule has 0 spiro atoms. The number of aryl methyl sites for hydroxylation is 1. The van der Waals surface area contributed by atoms with Crippen molar-refractivity contribution in [1.82, 2.24) is 48.6 Å². The van der Waals surface area contributed by atoms with E-state index in [1.54, 1.807) is 28.7 Å². The molecule has 2 aliphatic heterocycles. The number of nitrogens with one attached hydrogen (secondary N) is 2. The standard InChI is InChI=1S/C44H46F2N12O6/c1-53-39-30(3-2-4-34(39)58(44(53)62)35-11-12-37(59)51-43(35)61)27-7-10-33-28(21-27)22-47-55(33)17-20-64-25-26-5-8-29(9-6-26)57-24-32(38(52-57)40(45)46)49-42(60)31-23-48-56-14-13-36(50-41(31)56)54-15-18-63-19-16-54/h2-4,7,10,13-14,21-24,26,29,35,40H,5-6,8-9,11-12,15-20,25H2,1H3,(H,49,60)(H,51,59,61)/t26-,29-,35?. The van der Waals surface area contributed by atoms with Crippen molar-refractivity contribution in [2.75, 3.05) is 49.7 Å². The summed E-state index contributed by atoms with van der Waals surface area (Å²) in [5.74, 6) is -0.431. The van der Waals surface area contributed by atoms with Gasteiger partial charge in [-0.3, -0.25) is 38.2 Å². The normalized spacial score (nSPS) is 19.6. The number of carbonyl (C=O) groups excluding carboxylic acids is 3. The Morgan fingerprint density at radius 2 is 1.83 bits per heavy atom. The van der Waals surface area contributed by atoms with Gasteiger partial charge in [0.25, 0.3) is 12.3 Å². The van der Waals surface area contributed by atoms with E-state index >= 15 is 0 Å². The molecule has 7 heterocycles. The van der Waals surface area contributed by atoms with Crippen LogP contribution in [0.15, 0.2) is 72.0 Å². The second-order valence-electron chi connectivity index (χ2n) is 16.6. The molecule has 20 heteroatoms. The monoisotopic (exact) mass is 876 g/mol. The largest absolute Gasteiger partial charge is 0.379 e. The molecule has 332 valence electrons. The number of para-hydroxylation sites is 1. The van der Waals surface area contributed by atoms with Crippen LogP contribution in [0.2, 0.25) is 0 Å². The summed E-state index contributed by atoms with van der Waals surface area (Å²) in [4.78, 5) is 58.2. The van der Waals surface area contributed by atoms with Crippen LogP contribution < -0.4 is 21.2 Å². The number of carbonyl (C=O) groups is 3. The molecule has 2 N–H and O–H groups in total. The van der Waals surface area contributed by atoms with E-state index in [-0.39, 0.29) is 41.7 Å². The second kappa shape index (κ2) is 17.1. The number of benzene rings is 2. The van der Waals surface area contributed by atoms with Crippen LogP contribution in [0.1, 0.15) is 73.1 Å². The molecule has 3 aliphatic rings. The number of amides is 3. The first-order valence-corrected chi connectivity index (χ1v) is 21.5. The molecule has 1 unspecified atom stereocenters. The Labute approximate surface area is 363 Å². The van der Waals surface area contributed by atoms with Crippen LogP contribution in [0.4, 0.5) is 20.3 Å². The summed E-state index contributed by atoms with van der Waals surface area (Å²) in [5.41, 5.74) is 3.62. The van der Waals surface area contributed by atoms with Gasteiger partial charge in [0.1, 0.15) is 17.4 Å². The number of halogens is 2. The Morgan fingerprint density at radius 3 is 2.62 bits per heavy atom. The summed E-state index contributed by atoms with van der Waals surface area (Å²) < 4.78 is 48.1. The van der Waals surface area contributed by atoms with E-state index in [1.165, 1.54) is 21.5 Å². The first kappa shape index (κ1) is 41.2. The minimum absolute atomic E-state index is 0.0393. The van der Waals surface area contributed by atoms with Crippen molar-refractivity contribution in [1.29, 1.82) is 0 Å². The number of imidazole rings is 1. The van der Waals surface area contributed by atoms with E-state index in [0.29, 0.717) is 74.5 Å². The molecule has 1 atom stereocenters. The quantitative estimate of drug-likeness (QED) is 0.124. The predicted octanol–water partition coefficient (Wildman–Crippen LogP) is 5.05. The summed E-state index contributed by atoms with van der Waals surface area (Å²) in [6.45, 7) is 4.03. The fourth-order valence-corrected chi connectivity index (χ4v) is 9.34. The number of aromatic nitrogens is 9. The maximum absolute atomic E-state index is 14.3. The molecule has 0 bridgehead atoms. The Hall–Kier alpha value is -6.80. The molecule has 2 aromatic carbocycles. The molecule has 10 rings (SSSR count). The number of anilines is 2. The van der Waals surface area contributed by atoms with E-state index < -0.39 is 30.0 Å². The van der Waals surface area contributed by atoms with Crippen molar-refractivity contribution < 1.29 is 32.6 Å². The SMILES string of the molecule is Cn1c(=O)n(C2CCC(=O)NC2=O)c2cccc(-c3ccc4c(cnn4CCOC[C@H]4CC[C@H](n5cc(NC(=O)c6cnn7ccc(N8CCOCC8)nc67)c(C(F)F)n5)CC4)c3)c21. The van der Waals surface area contributed by atoms with Crippen LogP contribution in [-0.4, -0.2) is 101 Å². The van der Waals surface area contributed by atoms with Crippen molar-refractivity contribution in [3.05, 3.63) is 89.0 Å². The third kappa shape index (κ3) is 7.69. The topological polar surface area (TPSA) is 190 Å². The highest BCUT2D eigenvalue weighted by atomic mass is 19.3. The minimum Gasteiger partial charge on any atom is -0.379 e. The van der Waals surface area contributed by atoms with E-state index in [9.17, 15) is 28.0 Å². The van der Waals surface area contributed by atoms with Crippen LogP contribution in [0, 0.1) is 5.92 Å². The number of alkyl halides is 2. The molecule has 1 saturated carbocycles. The molecule has 3 fully saturated rings. The number of piperidine rings is 1. The molecule has 1 aliphatic carbocycles. The molecule has 64 heavy (non-hydrogen) atoms. The van der Waals surface area contributed by atoms with Crippen LogP contribution >= 0.6 is 0 Å². The number of hydrogen-bond donors (Lipinski definition) is 2. The Balaban J connectivity index is 0.742. The highest BCUT2D eigenvalue weighted by molar-refractivity contribution is 6.08. The first-order chi connectivity index (χ1) is 31.1. The number of fused-ring (bicyclic) bond motifs is 3. The smallest absolute Gasteiger partial charge is 0.329 e. The average molecular weight is 877 g/mol. The zero-order chi connectivity index (χ0) is 44.1. The lowest BCUT2D eigenvalue weighted by molar-refractivity contribution is -0.135. The van der Waals surface area contributed by atoms with Gasteiger partial charge in [-0.1, -0.05) is 18.2 Å². The van der Waals surface area contributed by atoms with Gasteiger partial charge in [0.05, 0.1) is 67.0 Å². The Bertz CT molecular complexity index is 2970. The predicted molar refractivity (Wildman–Crippen MR) is 230 cm³/mol. The van der Waals surface area contributed by atoms with Crippen LogP contribution in [0.25, 0.3) is 38.7 Å². The zero-order valence-corrected chi connectivity index (χ0v) is 35.0. The van der Waals surface area contributed by atoms with Crippen molar-refractivity contribution in [3.63, 3.8) is 0 Å². The third-order valence-corrected chi connectivity index (χ3v) is 12.7. The van der Waals surface area contributed by atoms with Gasteiger partial charge in [0, 0.05) is 56.5 Å². The lowest BCUT2D eigenvalue weighted by Gasteiger charge is -2.28. The fourth-order valence-electron chi connectivity index (χ4n) is 9.34. The Morgan fingerprint density at radius 1 is 1.00 bits per heavy atom. The van der Waals surface area contributed by atoms with Crippen LogP contribution in [0.5, 0.6) is 0 Å². The van der Waals surface area contributed by atoms with Gasteiger partial charge in [0.15, 0.2) is 11.3 Å². The number of nitrogens with zero attached hydrogens (tertiary/aromatic N) is 10. The molecule has 2 saturated heterocycles. The van der Waals surface area contributed by atoms with Crippen molar-refractivity contribution in [2.45, 2.75) is 63.6 Å². The lowest BCUT2D eigenvalue weighted by Crippen LogP contribution is -2.44. The molecule has 0 radical (unpaired) electrons. The van der Waals surface area contributed by atoms with Gasteiger partial charge in [0.2, 0.25) is 11.8 Å². The molecule has 7 aromatic rings. The van der Waals surface area contributed by atoms with Gasteiger partial charge in [-0.15, -0.1) is 0 Å². The maximum Gasteiger partial charge on any atom is 0.329 e. The minimum atomic E-state index is -2.89. The van der Waals surface area contributed by atoms with Gasteiger partial charge < -0.3 is 19.7 Å². The summed E-state index contributed by atoms with van der Waals surface area (Å²) in [6.07, 6.45) is 7.06. The van der Waals surface area contributed by atoms with E-state index in [1.807, 2.05) is 47.1 Å². The van der Waals surface area contributed by atoms with Gasteiger partial charge in [-0.05, 0) is 67.9 Å². The molecule has 3 amide bonds. The van der Waals surface area contributed by atoms with Gasteiger partial charge in [-0.25, -0.2) is 23.1 Å². The highest BCUT2D eigenvalue weighted by Crippen LogP contribution is 2.36. The molecule has 5 aromatic heterocycles. The van der Waals surface area contributed by atoms with Crippen molar-refractivity contribution in [3.8, 4) is 11.1 Å². The van der Waals surface area contributed by atoms with Crippen LogP contribution in [-0.2, 0) is 32.7 Å². The van der Waals surface area contributed by atoms with Crippen molar-refractivity contribution in [2.24, 2.45) is 13.0 Å². The number of morpholine rings is 1. The Kier molecular flexibility index (Phi) is 11.0. The van der Waals surface area contributed by atoms with E-state index in [4.69, 9.17) is 9.47 Å². The zero-order valence-electron chi connectivity index (χ0n) is 35.0. The first-order valence-electron chi connectivity index (χ1n) is 21.5. The fraction of sp³-hybridized carbons (Fsp3) is 0.409. The summed E-state index contributed by atoms with van der Waals surface area (Å²) in [5, 5.41) is 19.0. The average Bonchev–Trinajstić information content (AvgIpc) is 4.09. The highest BCUT2D eigenvalue weighted by Gasteiger charge is 2.32. The molecule has 18 nitrogen and oxygen atoms in total. The lowest BCUT2D eigenvalue weighted by atomic mass is 9.86. The third-order valence-electron chi connectivity index (χ3n) is 12.7. The number of hydrogen-bond acceptors (Lipinski definition) is 11. The summed E-state index contributed by atoms with van der Waals surface area (Å²) >= 11 is 0. The summed E-state index contributed by atoms with van der Waals surface area (Å²) in [7, 11) is 1.69. The van der Waals surface area contributed by atoms with Crippen LogP contribution in [0.3, 0.4) is 0 Å². The second-order valence-corrected chi connectivity index (χ2v) is 16.6. The van der Waals surface area contributed by atoms with Gasteiger partial charge >= 0.3 is 5.69 Å². The molecular formula is C44H46F2N12O6. The number of ether oxygens (including phenoxy) is 2. The van der Waals surface area contributed by atoms with Gasteiger partial charge in [-0.2, -0.15) is 15.3 Å². The maximum atomic E-state index is 14.3.